The largest absolute Gasteiger partial charge is 0 e. The van der Waals surface area contributed by atoms with Gasteiger partial charge in [-0.2, -0.15) is 0 Å². The monoisotopic (exact) mass is 1200 g/mol. The molecule has 0 aromatic carbocycles. The Balaban J connectivity index is 0. The minimum atomic E-state index is 0. The van der Waals surface area contributed by atoms with Crippen molar-refractivity contribution in [3.05, 3.63) is 0 Å². The van der Waals surface area contributed by atoms with Crippen LogP contribution in [0.25, 0.3) is 0 Å². The predicted molar refractivity (Wildman–Crippen MR) is 57.5 cm³/mol. The van der Waals surface area contributed by atoms with Crippen LogP contribution in [0.2, 0.25) is 0 Å². The molecule has 0 aliphatic rings. The molecule has 0 atom stereocenters. The van der Waals surface area contributed by atoms with Crippen molar-refractivity contribution < 1.29 is 0 Å². The van der Waals surface area contributed by atoms with Crippen LogP contribution in [0.1, 0.15) is 0 Å². The second kappa shape index (κ2) is 67.7. The van der Waals surface area contributed by atoms with Gasteiger partial charge < -0.3 is 0 Å². The fourth-order valence-corrected chi connectivity index (χ4v) is 0. The molecule has 0 bridgehead atoms. The molecule has 0 N–H and O–H groups in total. The van der Waals surface area contributed by atoms with Crippen LogP contribution in [-0.2, 0) is 0 Å². The molecule has 0 aliphatic carbocycles. The van der Waals surface area contributed by atoms with E-state index in [9.17, 15) is 0 Å². The SMILES string of the molecule is [Sb].[Sb].[Sb].[Sb].[Sn].[Sn].[Sn].[Sn].[Sn].[Sn]. The molecule has 0 nitrogen and oxygen atoms in total. The third kappa shape index (κ3) is 56.1. The average Bonchev–Trinajstić information content (AvgIpc) is 0. The summed E-state index contributed by atoms with van der Waals surface area (Å²) in [6.45, 7) is 0. The maximum absolute atomic E-state index is 0. The van der Waals surface area contributed by atoms with Crippen LogP contribution in [0.15, 0.2) is 0 Å². The molecular formula is Sb4Sn6. The summed E-state index contributed by atoms with van der Waals surface area (Å²) >= 11 is 0. The molecule has 44 valence electrons. The Hall–Kier alpha value is 8.06. The van der Waals surface area contributed by atoms with Gasteiger partial charge in [0.25, 0.3) is 0 Å². The average molecular weight is 1200 g/mol. The third-order valence-corrected chi connectivity index (χ3v) is 0. The van der Waals surface area contributed by atoms with E-state index < -0.39 is 0 Å². The smallest absolute Gasteiger partial charge is 0 e. The fourth-order valence-electron chi connectivity index (χ4n) is 0. The summed E-state index contributed by atoms with van der Waals surface area (Å²) in [7, 11) is 0. The molecule has 0 fully saturated rings. The van der Waals surface area contributed by atoms with Crippen LogP contribution in [0.4, 0.5) is 0 Å². The molecule has 0 amide bonds. The molecule has 0 aliphatic heterocycles. The normalized spacial score (nSPS) is 0. The van der Waals surface area contributed by atoms with Gasteiger partial charge in [0.05, 0.1) is 0 Å². The zero-order chi connectivity index (χ0) is 0. The summed E-state index contributed by atoms with van der Waals surface area (Å²) in [5.41, 5.74) is 0. The number of rotatable bonds is 0. The van der Waals surface area contributed by atoms with Gasteiger partial charge in [0.1, 0.15) is 0 Å². The minimum Gasteiger partial charge on any atom is 0 e. The van der Waals surface area contributed by atoms with Gasteiger partial charge in [-0.3, -0.25) is 0 Å². The van der Waals surface area contributed by atoms with Crippen LogP contribution >= 0.6 is 0 Å². The summed E-state index contributed by atoms with van der Waals surface area (Å²) in [5, 5.41) is 0. The van der Waals surface area contributed by atoms with Gasteiger partial charge in [-0.25, -0.2) is 0 Å². The first-order valence-electron chi connectivity index (χ1n) is 0. The number of hydrogen-bond acceptors (Lipinski definition) is 0. The molecule has 36 radical (unpaired) electrons. The zero-order valence-electron chi connectivity index (χ0n) is 4.79. The second-order valence-corrected chi connectivity index (χ2v) is 0. The van der Waals surface area contributed by atoms with Crippen LogP contribution < -0.4 is 0 Å². The summed E-state index contributed by atoms with van der Waals surface area (Å²) < 4.78 is 0. The first-order valence-corrected chi connectivity index (χ1v) is 0. The fraction of sp³-hybridized carbons (Fsp3) is 0. The van der Waals surface area contributed by atoms with Crippen molar-refractivity contribution in [3.63, 3.8) is 0 Å². The molecule has 0 rings (SSSR count). The summed E-state index contributed by atoms with van der Waals surface area (Å²) in [6, 6.07) is 0. The molecule has 10 heavy (non-hydrogen) atoms. The minimum absolute atomic E-state index is 0. The Morgan fingerprint density at radius 1 is 0.200 bits per heavy atom. The Morgan fingerprint density at radius 2 is 0.200 bits per heavy atom. The van der Waals surface area contributed by atoms with Gasteiger partial charge in [0, 0.05) is 241 Å². The summed E-state index contributed by atoms with van der Waals surface area (Å²) in [6.07, 6.45) is 0. The first kappa shape index (κ1) is 80.9. The van der Waals surface area contributed by atoms with Gasteiger partial charge >= 0.3 is 0 Å². The van der Waals surface area contributed by atoms with E-state index in [2.05, 4.69) is 0 Å². The van der Waals surface area contributed by atoms with E-state index in [1.54, 1.807) is 0 Å². The molecule has 0 aromatic rings. The number of hydrogen-bond donors (Lipinski definition) is 0. The molecule has 0 heterocycles. The summed E-state index contributed by atoms with van der Waals surface area (Å²) in [4.78, 5) is 0. The van der Waals surface area contributed by atoms with Crippen LogP contribution in [0, 0.1) is 0 Å². The predicted octanol–water partition coefficient (Wildman–Crippen LogP) is -3.81. The first-order chi connectivity index (χ1) is 0. The Bertz CT molecular complexity index is 9.71. The van der Waals surface area contributed by atoms with Crippen LogP contribution in [0.3, 0.4) is 0 Å². The molecule has 0 aromatic heterocycles. The zero-order valence-corrected chi connectivity index (χ0v) is 32.1. The van der Waals surface area contributed by atoms with Crippen molar-refractivity contribution in [2.24, 2.45) is 0 Å². The molecule has 0 saturated heterocycles. The quantitative estimate of drug-likeness (QED) is 0.219. The molecule has 0 saturated carbocycles. The van der Waals surface area contributed by atoms with E-state index in [0.717, 1.165) is 0 Å². The van der Waals surface area contributed by atoms with Crippen molar-refractivity contribution >= 4 is 241 Å². The third-order valence-electron chi connectivity index (χ3n) is 0. The van der Waals surface area contributed by atoms with E-state index in [-0.39, 0.29) is 241 Å². The van der Waals surface area contributed by atoms with Crippen molar-refractivity contribution in [1.82, 2.24) is 0 Å². The van der Waals surface area contributed by atoms with E-state index in [0.29, 0.717) is 0 Å². The molecule has 0 spiro atoms. The second-order valence-electron chi connectivity index (χ2n) is 0. The van der Waals surface area contributed by atoms with Crippen molar-refractivity contribution in [1.29, 1.82) is 0 Å². The maximum atomic E-state index is 0. The molecule has 0 unspecified atom stereocenters. The van der Waals surface area contributed by atoms with E-state index in [4.69, 9.17) is 0 Å². The Kier molecular flexibility index (Phi) is 548. The van der Waals surface area contributed by atoms with E-state index >= 15 is 0 Å². The Labute approximate surface area is 234 Å². The standard InChI is InChI=1S/4Sb.6Sn. The van der Waals surface area contributed by atoms with Crippen LogP contribution in [0.5, 0.6) is 0 Å². The molecule has 10 heteroatoms. The van der Waals surface area contributed by atoms with E-state index in [1.807, 2.05) is 0 Å². The van der Waals surface area contributed by atoms with Crippen molar-refractivity contribution in [2.75, 3.05) is 0 Å². The Morgan fingerprint density at radius 3 is 0.200 bits per heavy atom. The van der Waals surface area contributed by atoms with Gasteiger partial charge in [-0.05, 0) is 0 Å². The van der Waals surface area contributed by atoms with Crippen molar-refractivity contribution in [3.8, 4) is 0 Å². The van der Waals surface area contributed by atoms with E-state index in [1.165, 1.54) is 0 Å². The van der Waals surface area contributed by atoms with Gasteiger partial charge in [-0.15, -0.1) is 0 Å². The maximum Gasteiger partial charge on any atom is 0 e. The van der Waals surface area contributed by atoms with Gasteiger partial charge in [0.15, 0.2) is 0 Å². The summed E-state index contributed by atoms with van der Waals surface area (Å²) in [5.74, 6) is 0. The topological polar surface area (TPSA) is 0 Å². The van der Waals surface area contributed by atoms with Gasteiger partial charge in [-0.1, -0.05) is 0 Å². The van der Waals surface area contributed by atoms with Gasteiger partial charge in [0.2, 0.25) is 0 Å². The van der Waals surface area contributed by atoms with Crippen molar-refractivity contribution in [2.45, 2.75) is 0 Å². The molecular weight excluding hydrogens is 1200 g/mol. The van der Waals surface area contributed by atoms with Crippen LogP contribution in [-0.4, -0.2) is 241 Å².